The predicted octanol–water partition coefficient (Wildman–Crippen LogP) is 2.25. The van der Waals surface area contributed by atoms with E-state index in [0.717, 1.165) is 0 Å². The van der Waals surface area contributed by atoms with Crippen molar-refractivity contribution in [3.63, 3.8) is 0 Å². The van der Waals surface area contributed by atoms with Gasteiger partial charge in [-0.1, -0.05) is 6.07 Å². The molecule has 1 aliphatic heterocycles. The Morgan fingerprint density at radius 2 is 1.94 bits per heavy atom. The molecule has 2 rings (SSSR count). The smallest absolute Gasteiger partial charge is 0.234 e. The molecule has 17 heavy (non-hydrogen) atoms. The average molecular weight is 304 g/mol. The summed E-state index contributed by atoms with van der Waals surface area (Å²) in [6.45, 7) is 0. The molecule has 1 atom stereocenters. The number of hydrogen-bond donors (Lipinski definition) is 1. The second-order valence-electron chi connectivity index (χ2n) is 3.77. The summed E-state index contributed by atoms with van der Waals surface area (Å²) >= 11 is 2.86. The molecule has 0 spiro atoms. The summed E-state index contributed by atoms with van der Waals surface area (Å²) in [5.41, 5.74) is -0.0179. The minimum absolute atomic E-state index is 0.00560. The zero-order chi connectivity index (χ0) is 12.6. The van der Waals surface area contributed by atoms with E-state index in [1.165, 1.54) is 12.1 Å². The van der Waals surface area contributed by atoms with Crippen molar-refractivity contribution in [3.8, 4) is 0 Å². The van der Waals surface area contributed by atoms with Crippen molar-refractivity contribution in [2.45, 2.75) is 18.8 Å². The lowest BCUT2D eigenvalue weighted by Gasteiger charge is -2.21. The van der Waals surface area contributed by atoms with E-state index >= 15 is 0 Å². The van der Waals surface area contributed by atoms with Crippen molar-refractivity contribution < 1.29 is 18.4 Å². The fourth-order valence-corrected chi connectivity index (χ4v) is 2.11. The number of halogens is 3. The number of amides is 2. The van der Waals surface area contributed by atoms with Crippen molar-refractivity contribution >= 4 is 27.7 Å². The molecule has 1 saturated heterocycles. The monoisotopic (exact) mass is 303 g/mol. The first-order chi connectivity index (χ1) is 8.00. The van der Waals surface area contributed by atoms with Gasteiger partial charge in [-0.3, -0.25) is 14.9 Å². The highest BCUT2D eigenvalue weighted by molar-refractivity contribution is 9.10. The van der Waals surface area contributed by atoms with E-state index in [1.807, 2.05) is 0 Å². The lowest BCUT2D eigenvalue weighted by Crippen LogP contribution is -2.39. The van der Waals surface area contributed by atoms with Gasteiger partial charge >= 0.3 is 0 Å². The number of benzene rings is 1. The van der Waals surface area contributed by atoms with Gasteiger partial charge < -0.3 is 0 Å². The highest BCUT2D eigenvalue weighted by Gasteiger charge is 2.31. The van der Waals surface area contributed by atoms with Gasteiger partial charge in [0.25, 0.3) is 0 Å². The Morgan fingerprint density at radius 3 is 2.59 bits per heavy atom. The van der Waals surface area contributed by atoms with Crippen LogP contribution in [0.15, 0.2) is 16.6 Å². The van der Waals surface area contributed by atoms with Gasteiger partial charge in [-0.25, -0.2) is 8.78 Å². The Morgan fingerprint density at radius 1 is 1.24 bits per heavy atom. The van der Waals surface area contributed by atoms with E-state index < -0.39 is 23.5 Å². The van der Waals surface area contributed by atoms with Crippen LogP contribution in [0.4, 0.5) is 8.78 Å². The topological polar surface area (TPSA) is 46.2 Å². The summed E-state index contributed by atoms with van der Waals surface area (Å²) in [4.78, 5) is 22.5. The summed E-state index contributed by atoms with van der Waals surface area (Å²) in [5, 5.41) is 2.11. The molecule has 0 radical (unpaired) electrons. The maximum atomic E-state index is 13.6. The minimum Gasteiger partial charge on any atom is -0.296 e. The fraction of sp³-hybridized carbons (Fsp3) is 0.273. The van der Waals surface area contributed by atoms with Gasteiger partial charge in [-0.15, -0.1) is 0 Å². The number of hydrogen-bond acceptors (Lipinski definition) is 2. The Balaban J connectivity index is 2.38. The van der Waals surface area contributed by atoms with E-state index in [4.69, 9.17) is 0 Å². The molecule has 1 unspecified atom stereocenters. The Kier molecular flexibility index (Phi) is 3.24. The van der Waals surface area contributed by atoms with E-state index in [1.54, 1.807) is 0 Å². The van der Waals surface area contributed by atoms with Gasteiger partial charge in [-0.2, -0.15) is 0 Å². The van der Waals surface area contributed by atoms with Crippen LogP contribution in [0.1, 0.15) is 24.3 Å². The van der Waals surface area contributed by atoms with Gasteiger partial charge in [0.05, 0.1) is 10.4 Å². The third kappa shape index (κ3) is 2.22. The molecule has 90 valence electrons. The lowest BCUT2D eigenvalue weighted by molar-refractivity contribution is -0.134. The summed E-state index contributed by atoms with van der Waals surface area (Å²) in [6.07, 6.45) is 0.330. The van der Waals surface area contributed by atoms with Crippen molar-refractivity contribution in [1.29, 1.82) is 0 Å². The number of imide groups is 1. The molecular weight excluding hydrogens is 296 g/mol. The van der Waals surface area contributed by atoms with Crippen molar-refractivity contribution in [2.24, 2.45) is 0 Å². The Labute approximate surface area is 104 Å². The largest absolute Gasteiger partial charge is 0.296 e. The van der Waals surface area contributed by atoms with Crippen LogP contribution < -0.4 is 5.32 Å². The molecule has 2 amide bonds. The third-order valence-corrected chi connectivity index (χ3v) is 3.29. The highest BCUT2D eigenvalue weighted by atomic mass is 79.9. The second kappa shape index (κ2) is 4.52. The predicted molar refractivity (Wildman–Crippen MR) is 59.2 cm³/mol. The molecule has 6 heteroatoms. The van der Waals surface area contributed by atoms with E-state index in [9.17, 15) is 18.4 Å². The molecule has 1 fully saturated rings. The zero-order valence-electron chi connectivity index (χ0n) is 8.60. The number of rotatable bonds is 1. The van der Waals surface area contributed by atoms with Crippen LogP contribution in [0.5, 0.6) is 0 Å². The van der Waals surface area contributed by atoms with E-state index in [-0.39, 0.29) is 28.8 Å². The molecule has 1 aromatic rings. The molecule has 0 aliphatic carbocycles. The van der Waals surface area contributed by atoms with Crippen LogP contribution in [0.25, 0.3) is 0 Å². The fourth-order valence-electron chi connectivity index (χ4n) is 1.80. The lowest BCUT2D eigenvalue weighted by atomic mass is 9.90. The highest BCUT2D eigenvalue weighted by Crippen LogP contribution is 2.30. The summed E-state index contributed by atoms with van der Waals surface area (Å²) in [5.74, 6) is -3.84. The zero-order valence-corrected chi connectivity index (χ0v) is 10.2. The summed E-state index contributed by atoms with van der Waals surface area (Å²) < 4.78 is 27.0. The number of carbonyl (C=O) groups is 2. The number of nitrogens with one attached hydrogen (secondary N) is 1. The summed E-state index contributed by atoms with van der Waals surface area (Å²) in [7, 11) is 0. The normalized spacial score (nSPS) is 20.3. The van der Waals surface area contributed by atoms with Crippen molar-refractivity contribution in [3.05, 3.63) is 33.8 Å². The standard InChI is InChI=1S/C11H8BrF2NO2/c12-7-3-1-5(9(13)10(7)14)6-2-4-8(16)15-11(6)17/h1,3,6H,2,4H2,(H,15,16,17). The molecule has 0 bridgehead atoms. The molecular formula is C11H8BrF2NO2. The molecule has 1 N–H and O–H groups in total. The first-order valence-electron chi connectivity index (χ1n) is 4.98. The Bertz CT molecular complexity index is 504. The molecule has 0 aromatic heterocycles. The van der Waals surface area contributed by atoms with Crippen molar-refractivity contribution in [2.75, 3.05) is 0 Å². The van der Waals surface area contributed by atoms with Gasteiger partial charge in [0.2, 0.25) is 11.8 Å². The van der Waals surface area contributed by atoms with Crippen LogP contribution >= 0.6 is 15.9 Å². The maximum absolute atomic E-state index is 13.6. The Hall–Kier alpha value is -1.30. The first kappa shape index (κ1) is 12.2. The third-order valence-electron chi connectivity index (χ3n) is 2.68. The van der Waals surface area contributed by atoms with Crippen molar-refractivity contribution in [1.82, 2.24) is 5.32 Å². The number of carbonyl (C=O) groups excluding carboxylic acids is 2. The first-order valence-corrected chi connectivity index (χ1v) is 5.77. The van der Waals surface area contributed by atoms with Crippen LogP contribution in [-0.4, -0.2) is 11.8 Å². The molecule has 1 aliphatic rings. The van der Waals surface area contributed by atoms with Crippen LogP contribution in [0.3, 0.4) is 0 Å². The van der Waals surface area contributed by atoms with E-state index in [0.29, 0.717) is 0 Å². The molecule has 1 aromatic carbocycles. The van der Waals surface area contributed by atoms with Crippen LogP contribution in [-0.2, 0) is 9.59 Å². The maximum Gasteiger partial charge on any atom is 0.234 e. The van der Waals surface area contributed by atoms with Crippen LogP contribution in [0.2, 0.25) is 0 Å². The van der Waals surface area contributed by atoms with Gasteiger partial charge in [0, 0.05) is 12.0 Å². The summed E-state index contributed by atoms with van der Waals surface area (Å²) in [6, 6.07) is 2.69. The molecule has 1 heterocycles. The quantitative estimate of drug-likeness (QED) is 0.639. The second-order valence-corrected chi connectivity index (χ2v) is 4.62. The average Bonchev–Trinajstić information content (AvgIpc) is 2.28. The SMILES string of the molecule is O=C1CCC(c2ccc(Br)c(F)c2F)C(=O)N1. The number of piperidine rings is 1. The van der Waals surface area contributed by atoms with Gasteiger partial charge in [-0.05, 0) is 28.4 Å². The van der Waals surface area contributed by atoms with Crippen LogP contribution in [0, 0.1) is 11.6 Å². The molecule has 0 saturated carbocycles. The minimum atomic E-state index is -1.05. The van der Waals surface area contributed by atoms with Gasteiger partial charge in [0.1, 0.15) is 0 Å². The van der Waals surface area contributed by atoms with E-state index in [2.05, 4.69) is 21.2 Å². The molecule has 3 nitrogen and oxygen atoms in total. The van der Waals surface area contributed by atoms with Gasteiger partial charge in [0.15, 0.2) is 11.6 Å².